The van der Waals surface area contributed by atoms with Gasteiger partial charge in [-0.05, 0) is 36.2 Å². The Morgan fingerprint density at radius 1 is 1.24 bits per heavy atom. The molecule has 2 aromatic rings. The fourth-order valence-electron chi connectivity index (χ4n) is 2.62. The molecule has 1 aliphatic rings. The molecule has 2 N–H and O–H groups in total. The van der Waals surface area contributed by atoms with Crippen molar-refractivity contribution in [2.75, 3.05) is 17.2 Å². The molecule has 1 aliphatic heterocycles. The summed E-state index contributed by atoms with van der Waals surface area (Å²) in [5, 5.41) is 0. The molecule has 0 saturated carbocycles. The number of hydrogen-bond donors (Lipinski definition) is 1. The topological polar surface area (TPSA) is 38.5 Å². The van der Waals surface area contributed by atoms with E-state index in [0.717, 1.165) is 41.1 Å². The number of rotatable bonds is 3. The molecule has 4 heteroatoms. The van der Waals surface area contributed by atoms with Crippen LogP contribution in [-0.2, 0) is 6.54 Å². The van der Waals surface area contributed by atoms with Crippen molar-refractivity contribution in [3.63, 3.8) is 0 Å². The molecule has 2 aromatic carbocycles. The molecule has 0 radical (unpaired) electrons. The third-order valence-electron chi connectivity index (χ3n) is 3.78. The van der Waals surface area contributed by atoms with E-state index in [1.807, 2.05) is 12.1 Å². The van der Waals surface area contributed by atoms with E-state index in [4.69, 9.17) is 10.5 Å². The minimum Gasteiger partial charge on any atom is -0.486 e. The summed E-state index contributed by atoms with van der Waals surface area (Å²) in [6, 6.07) is 14.4. The summed E-state index contributed by atoms with van der Waals surface area (Å²) in [5.41, 5.74) is 9.04. The van der Waals surface area contributed by atoms with Crippen molar-refractivity contribution in [1.82, 2.24) is 0 Å². The Morgan fingerprint density at radius 3 is 2.71 bits per heavy atom. The van der Waals surface area contributed by atoms with E-state index < -0.39 is 0 Å². The molecule has 3 nitrogen and oxygen atoms in total. The first-order valence-electron chi connectivity index (χ1n) is 7.21. The SMILES string of the molecule is CCC1CN(Cc2ccc(Br)cc2)c2ccc(N)cc2O1. The van der Waals surface area contributed by atoms with Gasteiger partial charge in [0.25, 0.3) is 0 Å². The van der Waals surface area contributed by atoms with E-state index in [0.29, 0.717) is 0 Å². The lowest BCUT2D eigenvalue weighted by Crippen LogP contribution is -2.39. The number of anilines is 2. The Labute approximate surface area is 133 Å². The Bertz CT molecular complexity index is 627. The third kappa shape index (κ3) is 3.16. The molecule has 1 atom stereocenters. The predicted molar refractivity (Wildman–Crippen MR) is 90.8 cm³/mol. The highest BCUT2D eigenvalue weighted by molar-refractivity contribution is 9.10. The van der Waals surface area contributed by atoms with E-state index in [-0.39, 0.29) is 6.10 Å². The lowest BCUT2D eigenvalue weighted by molar-refractivity contribution is 0.189. The molecule has 3 rings (SSSR count). The first kappa shape index (κ1) is 14.3. The summed E-state index contributed by atoms with van der Waals surface area (Å²) in [5.74, 6) is 0.894. The van der Waals surface area contributed by atoms with Crippen LogP contribution >= 0.6 is 15.9 Å². The van der Waals surface area contributed by atoms with E-state index >= 15 is 0 Å². The fourth-order valence-corrected chi connectivity index (χ4v) is 2.88. The van der Waals surface area contributed by atoms with Crippen LogP contribution in [0.2, 0.25) is 0 Å². The molecule has 1 heterocycles. The van der Waals surface area contributed by atoms with Crippen molar-refractivity contribution in [2.24, 2.45) is 0 Å². The van der Waals surface area contributed by atoms with Crippen LogP contribution in [-0.4, -0.2) is 12.6 Å². The van der Waals surface area contributed by atoms with Crippen LogP contribution in [0.25, 0.3) is 0 Å². The maximum Gasteiger partial charge on any atom is 0.145 e. The molecule has 0 fully saturated rings. The summed E-state index contributed by atoms with van der Waals surface area (Å²) in [4.78, 5) is 2.37. The molecular weight excluding hydrogens is 328 g/mol. The second-order valence-electron chi connectivity index (χ2n) is 5.38. The highest BCUT2D eigenvalue weighted by Gasteiger charge is 2.24. The van der Waals surface area contributed by atoms with Crippen molar-refractivity contribution < 1.29 is 4.74 Å². The Morgan fingerprint density at radius 2 is 2.00 bits per heavy atom. The van der Waals surface area contributed by atoms with Crippen LogP contribution in [0.4, 0.5) is 11.4 Å². The molecular formula is C17H19BrN2O. The van der Waals surface area contributed by atoms with Gasteiger partial charge >= 0.3 is 0 Å². The van der Waals surface area contributed by atoms with Crippen molar-refractivity contribution in [3.8, 4) is 5.75 Å². The predicted octanol–water partition coefficient (Wildman–Crippen LogP) is 4.21. The average Bonchev–Trinajstić information content (AvgIpc) is 2.49. The lowest BCUT2D eigenvalue weighted by Gasteiger charge is -2.36. The van der Waals surface area contributed by atoms with Gasteiger partial charge in [-0.25, -0.2) is 0 Å². The summed E-state index contributed by atoms with van der Waals surface area (Å²) in [7, 11) is 0. The van der Waals surface area contributed by atoms with Gasteiger partial charge in [-0.2, -0.15) is 0 Å². The Hall–Kier alpha value is -1.68. The van der Waals surface area contributed by atoms with Crippen LogP contribution < -0.4 is 15.4 Å². The standard InChI is InChI=1S/C17H19BrN2O/c1-2-15-11-20(10-12-3-5-13(18)6-4-12)16-8-7-14(19)9-17(16)21-15/h3-9,15H,2,10-11,19H2,1H3. The molecule has 0 saturated heterocycles. The van der Waals surface area contributed by atoms with Gasteiger partial charge in [0.05, 0.1) is 12.2 Å². The zero-order chi connectivity index (χ0) is 14.8. The van der Waals surface area contributed by atoms with Crippen molar-refractivity contribution in [3.05, 3.63) is 52.5 Å². The lowest BCUT2D eigenvalue weighted by atomic mass is 10.1. The minimum atomic E-state index is 0.217. The second-order valence-corrected chi connectivity index (χ2v) is 6.30. The normalized spacial score (nSPS) is 17.2. The van der Waals surface area contributed by atoms with Crippen LogP contribution in [0.1, 0.15) is 18.9 Å². The largest absolute Gasteiger partial charge is 0.486 e. The van der Waals surface area contributed by atoms with Gasteiger partial charge in [0.2, 0.25) is 0 Å². The average molecular weight is 347 g/mol. The van der Waals surface area contributed by atoms with Crippen LogP contribution in [0, 0.1) is 0 Å². The van der Waals surface area contributed by atoms with Gasteiger partial charge in [0.1, 0.15) is 11.9 Å². The fraction of sp³-hybridized carbons (Fsp3) is 0.294. The van der Waals surface area contributed by atoms with Crippen molar-refractivity contribution in [1.29, 1.82) is 0 Å². The first-order chi connectivity index (χ1) is 10.2. The summed E-state index contributed by atoms with van der Waals surface area (Å²) >= 11 is 3.48. The molecule has 1 unspecified atom stereocenters. The van der Waals surface area contributed by atoms with E-state index in [2.05, 4.69) is 58.1 Å². The van der Waals surface area contributed by atoms with E-state index in [1.54, 1.807) is 0 Å². The number of benzene rings is 2. The number of nitrogens with two attached hydrogens (primary N) is 1. The maximum absolute atomic E-state index is 6.02. The minimum absolute atomic E-state index is 0.217. The van der Waals surface area contributed by atoms with Crippen LogP contribution in [0.5, 0.6) is 5.75 Å². The molecule has 0 spiro atoms. The first-order valence-corrected chi connectivity index (χ1v) is 8.00. The van der Waals surface area contributed by atoms with Gasteiger partial charge in [-0.15, -0.1) is 0 Å². The van der Waals surface area contributed by atoms with Crippen LogP contribution in [0.15, 0.2) is 46.9 Å². The third-order valence-corrected chi connectivity index (χ3v) is 4.31. The van der Waals surface area contributed by atoms with Gasteiger partial charge in [0.15, 0.2) is 0 Å². The van der Waals surface area contributed by atoms with Crippen molar-refractivity contribution >= 4 is 27.3 Å². The van der Waals surface area contributed by atoms with Gasteiger partial charge in [0, 0.05) is 22.8 Å². The van der Waals surface area contributed by atoms with Gasteiger partial charge in [-0.3, -0.25) is 0 Å². The van der Waals surface area contributed by atoms with Crippen molar-refractivity contribution in [2.45, 2.75) is 26.0 Å². The monoisotopic (exact) mass is 346 g/mol. The summed E-state index contributed by atoms with van der Waals surface area (Å²) in [6.45, 7) is 3.94. The maximum atomic E-state index is 6.02. The molecule has 0 amide bonds. The molecule has 21 heavy (non-hydrogen) atoms. The number of halogens is 1. The van der Waals surface area contributed by atoms with E-state index in [9.17, 15) is 0 Å². The Kier molecular flexibility index (Phi) is 4.06. The number of nitrogen functional groups attached to an aromatic ring is 1. The second kappa shape index (κ2) is 5.98. The quantitative estimate of drug-likeness (QED) is 0.846. The zero-order valence-corrected chi connectivity index (χ0v) is 13.6. The smallest absolute Gasteiger partial charge is 0.145 e. The zero-order valence-electron chi connectivity index (χ0n) is 12.1. The molecule has 0 aliphatic carbocycles. The highest BCUT2D eigenvalue weighted by atomic mass is 79.9. The molecule has 0 aromatic heterocycles. The van der Waals surface area contributed by atoms with E-state index in [1.165, 1.54) is 5.56 Å². The Balaban J connectivity index is 1.89. The summed E-state index contributed by atoms with van der Waals surface area (Å²) < 4.78 is 7.12. The molecule has 0 bridgehead atoms. The molecule has 110 valence electrons. The number of fused-ring (bicyclic) bond motifs is 1. The number of nitrogens with zero attached hydrogens (tertiary/aromatic N) is 1. The van der Waals surface area contributed by atoms with Crippen LogP contribution in [0.3, 0.4) is 0 Å². The van der Waals surface area contributed by atoms with Gasteiger partial charge in [-0.1, -0.05) is 35.0 Å². The number of ether oxygens (including phenoxy) is 1. The van der Waals surface area contributed by atoms with Gasteiger partial charge < -0.3 is 15.4 Å². The summed E-state index contributed by atoms with van der Waals surface area (Å²) in [6.07, 6.45) is 1.21. The highest BCUT2D eigenvalue weighted by Crippen LogP contribution is 2.36. The number of hydrogen-bond acceptors (Lipinski definition) is 3.